The van der Waals surface area contributed by atoms with Crippen LogP contribution in [0, 0.1) is 5.92 Å². The number of nitrogens with one attached hydrogen (secondary N) is 1. The highest BCUT2D eigenvalue weighted by Crippen LogP contribution is 2.27. The zero-order valence-corrected chi connectivity index (χ0v) is 10.5. The van der Waals surface area contributed by atoms with Crippen molar-refractivity contribution in [2.75, 3.05) is 11.9 Å². The van der Waals surface area contributed by atoms with Crippen LogP contribution in [-0.2, 0) is 0 Å². The van der Waals surface area contributed by atoms with Gasteiger partial charge < -0.3 is 11.1 Å². The molecule has 2 rings (SSSR count). The molecule has 3 N–H and O–H groups in total. The molecule has 0 unspecified atom stereocenters. The normalized spacial score (nSPS) is 16.1. The van der Waals surface area contributed by atoms with Gasteiger partial charge in [0.25, 0.3) is 0 Å². The summed E-state index contributed by atoms with van der Waals surface area (Å²) in [5.74, 6) is 0.300. The first-order valence-corrected chi connectivity index (χ1v) is 6.38. The Bertz CT molecular complexity index is 414. The highest BCUT2D eigenvalue weighted by Gasteiger charge is 2.15. The molecule has 1 aromatic carbocycles. The molecule has 0 aromatic heterocycles. The van der Waals surface area contributed by atoms with Crippen LogP contribution in [0.3, 0.4) is 0 Å². The zero-order valence-electron chi connectivity index (χ0n) is 9.71. The molecule has 4 heteroatoms. The van der Waals surface area contributed by atoms with E-state index >= 15 is 0 Å². The lowest BCUT2D eigenvalue weighted by molar-refractivity contribution is 0.100. The standard InChI is InChI=1S/C13H17ClN2O/c14-11-6-5-10(13(15)17)7-12(11)16-8-9-3-1-2-4-9/h5-7,9,16H,1-4,8H2,(H2,15,17). The number of hydrogen-bond donors (Lipinski definition) is 2. The Hall–Kier alpha value is -1.22. The van der Waals surface area contributed by atoms with Crippen LogP contribution in [0.25, 0.3) is 0 Å². The molecule has 17 heavy (non-hydrogen) atoms. The van der Waals surface area contributed by atoms with Gasteiger partial charge in [0.2, 0.25) is 5.91 Å². The molecule has 1 aliphatic rings. The van der Waals surface area contributed by atoms with Gasteiger partial charge in [-0.1, -0.05) is 24.4 Å². The third kappa shape index (κ3) is 3.13. The number of benzene rings is 1. The first kappa shape index (κ1) is 12.2. The van der Waals surface area contributed by atoms with E-state index in [0.717, 1.165) is 18.2 Å². The molecule has 92 valence electrons. The Balaban J connectivity index is 2.03. The molecular weight excluding hydrogens is 236 g/mol. The minimum absolute atomic E-state index is 0.425. The molecule has 0 atom stereocenters. The van der Waals surface area contributed by atoms with Gasteiger partial charge in [0.15, 0.2) is 0 Å². The maximum atomic E-state index is 11.1. The number of amides is 1. The largest absolute Gasteiger partial charge is 0.384 e. The molecule has 3 nitrogen and oxygen atoms in total. The number of carbonyl (C=O) groups is 1. The van der Waals surface area contributed by atoms with Crippen molar-refractivity contribution in [1.29, 1.82) is 0 Å². The smallest absolute Gasteiger partial charge is 0.248 e. The van der Waals surface area contributed by atoms with Gasteiger partial charge in [0.1, 0.15) is 0 Å². The molecule has 1 aromatic rings. The number of rotatable bonds is 4. The summed E-state index contributed by atoms with van der Waals surface area (Å²) in [5, 5.41) is 3.94. The predicted octanol–water partition coefficient (Wildman–Crippen LogP) is 3.04. The summed E-state index contributed by atoms with van der Waals surface area (Å²) in [6.07, 6.45) is 5.20. The quantitative estimate of drug-likeness (QED) is 0.865. The molecule has 0 radical (unpaired) electrons. The van der Waals surface area contributed by atoms with Gasteiger partial charge in [-0.25, -0.2) is 0 Å². The van der Waals surface area contributed by atoms with Crippen LogP contribution in [0.2, 0.25) is 5.02 Å². The Morgan fingerprint density at radius 3 is 2.76 bits per heavy atom. The van der Waals surface area contributed by atoms with Crippen molar-refractivity contribution in [3.63, 3.8) is 0 Å². The molecule has 0 spiro atoms. The number of nitrogens with two attached hydrogens (primary N) is 1. The maximum Gasteiger partial charge on any atom is 0.248 e. The fourth-order valence-electron chi connectivity index (χ4n) is 2.28. The van der Waals surface area contributed by atoms with Crippen LogP contribution in [0.1, 0.15) is 36.0 Å². The van der Waals surface area contributed by atoms with E-state index in [4.69, 9.17) is 17.3 Å². The second-order valence-electron chi connectivity index (χ2n) is 4.59. The summed E-state index contributed by atoms with van der Waals surface area (Å²) in [5.41, 5.74) is 6.53. The molecule has 1 saturated carbocycles. The van der Waals surface area contributed by atoms with Gasteiger partial charge in [-0.3, -0.25) is 4.79 Å². The van der Waals surface area contributed by atoms with Gasteiger partial charge in [-0.15, -0.1) is 0 Å². The fraction of sp³-hybridized carbons (Fsp3) is 0.462. The summed E-state index contributed by atoms with van der Waals surface area (Å²) in [7, 11) is 0. The Labute approximate surface area is 106 Å². The Morgan fingerprint density at radius 2 is 2.12 bits per heavy atom. The topological polar surface area (TPSA) is 55.1 Å². The van der Waals surface area contributed by atoms with Gasteiger partial charge >= 0.3 is 0 Å². The van der Waals surface area contributed by atoms with Crippen LogP contribution in [0.4, 0.5) is 5.69 Å². The molecule has 1 amide bonds. The molecule has 0 aliphatic heterocycles. The van der Waals surface area contributed by atoms with Crippen LogP contribution >= 0.6 is 11.6 Å². The SMILES string of the molecule is NC(=O)c1ccc(Cl)c(NCC2CCCC2)c1. The van der Waals surface area contributed by atoms with Crippen molar-refractivity contribution >= 4 is 23.2 Å². The first-order chi connectivity index (χ1) is 8.16. The van der Waals surface area contributed by atoms with E-state index in [9.17, 15) is 4.79 Å². The average molecular weight is 253 g/mol. The van der Waals surface area contributed by atoms with E-state index in [1.54, 1.807) is 18.2 Å². The molecule has 0 bridgehead atoms. The van der Waals surface area contributed by atoms with Gasteiger partial charge in [-0.2, -0.15) is 0 Å². The average Bonchev–Trinajstić information content (AvgIpc) is 2.80. The summed E-state index contributed by atoms with van der Waals surface area (Å²) < 4.78 is 0. The zero-order chi connectivity index (χ0) is 12.3. The van der Waals surface area contributed by atoms with Crippen LogP contribution < -0.4 is 11.1 Å². The van der Waals surface area contributed by atoms with E-state index in [-0.39, 0.29) is 0 Å². The maximum absolute atomic E-state index is 11.1. The van der Waals surface area contributed by atoms with Crippen molar-refractivity contribution in [3.05, 3.63) is 28.8 Å². The second-order valence-corrected chi connectivity index (χ2v) is 5.00. The molecule has 0 saturated heterocycles. The first-order valence-electron chi connectivity index (χ1n) is 6.00. The minimum atomic E-state index is -0.425. The van der Waals surface area contributed by atoms with Crippen LogP contribution in [0.15, 0.2) is 18.2 Å². The van der Waals surface area contributed by atoms with Gasteiger partial charge in [0, 0.05) is 12.1 Å². The van der Waals surface area contributed by atoms with Gasteiger partial charge in [-0.05, 0) is 37.0 Å². The molecule has 0 heterocycles. The van der Waals surface area contributed by atoms with Crippen LogP contribution in [0.5, 0.6) is 0 Å². The lowest BCUT2D eigenvalue weighted by Crippen LogP contribution is -2.14. The summed E-state index contributed by atoms with van der Waals surface area (Å²) in [6, 6.07) is 5.07. The van der Waals surface area contributed by atoms with Crippen molar-refractivity contribution in [1.82, 2.24) is 0 Å². The Morgan fingerprint density at radius 1 is 1.41 bits per heavy atom. The molecule has 1 fully saturated rings. The van der Waals surface area contributed by atoms with Crippen molar-refractivity contribution in [2.45, 2.75) is 25.7 Å². The number of hydrogen-bond acceptors (Lipinski definition) is 2. The van der Waals surface area contributed by atoms with Gasteiger partial charge in [0.05, 0.1) is 10.7 Å². The van der Waals surface area contributed by atoms with E-state index in [1.165, 1.54) is 25.7 Å². The van der Waals surface area contributed by atoms with E-state index in [0.29, 0.717) is 10.6 Å². The third-order valence-corrected chi connectivity index (χ3v) is 3.64. The highest BCUT2D eigenvalue weighted by atomic mass is 35.5. The monoisotopic (exact) mass is 252 g/mol. The van der Waals surface area contributed by atoms with Crippen molar-refractivity contribution < 1.29 is 4.79 Å². The van der Waals surface area contributed by atoms with E-state index < -0.39 is 5.91 Å². The van der Waals surface area contributed by atoms with E-state index in [2.05, 4.69) is 5.32 Å². The summed E-state index contributed by atoms with van der Waals surface area (Å²) in [6.45, 7) is 0.919. The van der Waals surface area contributed by atoms with Crippen molar-refractivity contribution in [2.24, 2.45) is 11.7 Å². The predicted molar refractivity (Wildman–Crippen MR) is 70.4 cm³/mol. The number of anilines is 1. The number of primary amides is 1. The lowest BCUT2D eigenvalue weighted by Gasteiger charge is -2.13. The second kappa shape index (κ2) is 5.41. The number of halogens is 1. The minimum Gasteiger partial charge on any atom is -0.384 e. The third-order valence-electron chi connectivity index (χ3n) is 3.31. The van der Waals surface area contributed by atoms with Crippen LogP contribution in [-0.4, -0.2) is 12.5 Å². The molecule has 1 aliphatic carbocycles. The molecular formula is C13H17ClN2O. The lowest BCUT2D eigenvalue weighted by atomic mass is 10.1. The van der Waals surface area contributed by atoms with Crippen molar-refractivity contribution in [3.8, 4) is 0 Å². The fourth-order valence-corrected chi connectivity index (χ4v) is 2.47. The summed E-state index contributed by atoms with van der Waals surface area (Å²) >= 11 is 6.07. The number of carbonyl (C=O) groups excluding carboxylic acids is 1. The Kier molecular flexibility index (Phi) is 3.89. The summed E-state index contributed by atoms with van der Waals surface area (Å²) in [4.78, 5) is 11.1. The highest BCUT2D eigenvalue weighted by molar-refractivity contribution is 6.33. The van der Waals surface area contributed by atoms with E-state index in [1.807, 2.05) is 0 Å².